The lowest BCUT2D eigenvalue weighted by atomic mass is 10.1. The quantitative estimate of drug-likeness (QED) is 0.156. The van der Waals surface area contributed by atoms with Crippen LogP contribution in [0.3, 0.4) is 0 Å². The largest absolute Gasteiger partial charge is 0.240 e. The number of rotatable bonds is 8. The van der Waals surface area contributed by atoms with E-state index in [1.807, 2.05) is 117 Å². The molecular weight excluding hydrogens is 776 g/mol. The van der Waals surface area contributed by atoms with Crippen molar-refractivity contribution in [2.24, 2.45) is 10.3 Å². The number of hydrogen-bond donors (Lipinski definition) is 2. The van der Waals surface area contributed by atoms with Gasteiger partial charge in [-0.2, -0.15) is 10.2 Å². The first-order valence-corrected chi connectivity index (χ1v) is 21.1. The van der Waals surface area contributed by atoms with Crippen LogP contribution in [-0.2, 0) is 20.0 Å². The molecule has 0 unspecified atom stereocenters. The molecule has 0 aliphatic heterocycles. The van der Waals surface area contributed by atoms with Crippen molar-refractivity contribution in [1.82, 2.24) is 19.6 Å². The highest BCUT2D eigenvalue weighted by molar-refractivity contribution is 7.89. The minimum Gasteiger partial charge on any atom is -0.231 e. The Morgan fingerprint density at radius 1 is 0.456 bits per heavy atom. The molecule has 0 saturated heterocycles. The van der Waals surface area contributed by atoms with Gasteiger partial charge in [-0.15, -0.1) is 0 Å². The molecule has 0 radical (unpaired) electrons. The molecule has 0 saturated carbocycles. The van der Waals surface area contributed by atoms with Crippen molar-refractivity contribution < 1.29 is 16.8 Å². The molecule has 2 heterocycles. The summed E-state index contributed by atoms with van der Waals surface area (Å²) in [5, 5.41) is 21.0. The topological polar surface area (TPSA) is 156 Å². The van der Waals surface area contributed by atoms with Crippen LogP contribution in [0.15, 0.2) is 174 Å². The van der Waals surface area contributed by atoms with Crippen LogP contribution in [0, 0.1) is 13.8 Å². The van der Waals surface area contributed by atoms with Gasteiger partial charge in [0.05, 0.1) is 34.2 Å². The maximum Gasteiger partial charge on any atom is 0.240 e. The summed E-state index contributed by atoms with van der Waals surface area (Å²) < 4.78 is 51.8. The standard InChI is InChI=1S/C23H21N3O2S.C21H16ClN3O2S/c1-16-7-11-18(12-8-16)20-15-22(19-13-9-17(2)10-14-19)26(25-20)21-5-3-4-6-23(21)29(24,27)28;22-17-12-10-16(11-13-17)20-14-18(15-6-2-1-3-7-15)24-25(20)19-8-4-5-9-21(19)28(23,26)27/h3-15H,1-2H3,(H2,24,27,28);1-14H,(H2,23,26,27). The van der Waals surface area contributed by atoms with E-state index >= 15 is 0 Å². The van der Waals surface area contributed by atoms with E-state index in [9.17, 15) is 16.8 Å². The smallest absolute Gasteiger partial charge is 0.231 e. The van der Waals surface area contributed by atoms with Gasteiger partial charge < -0.3 is 0 Å². The first kappa shape index (κ1) is 39.1. The number of benzene rings is 6. The van der Waals surface area contributed by atoms with Gasteiger partial charge in [0, 0.05) is 27.3 Å². The van der Waals surface area contributed by atoms with Crippen LogP contribution in [0.25, 0.3) is 56.4 Å². The molecule has 0 atom stereocenters. The van der Waals surface area contributed by atoms with Gasteiger partial charge in [0.2, 0.25) is 20.0 Å². The minimum atomic E-state index is -3.92. The Labute approximate surface area is 336 Å². The second-order valence-electron chi connectivity index (χ2n) is 13.3. The zero-order valence-electron chi connectivity index (χ0n) is 30.9. The predicted molar refractivity (Wildman–Crippen MR) is 226 cm³/mol. The van der Waals surface area contributed by atoms with Crippen LogP contribution in [0.4, 0.5) is 0 Å². The normalized spacial score (nSPS) is 11.5. The van der Waals surface area contributed by atoms with E-state index in [-0.39, 0.29) is 9.79 Å². The zero-order chi connectivity index (χ0) is 40.3. The van der Waals surface area contributed by atoms with Crippen molar-refractivity contribution >= 4 is 31.6 Å². The third kappa shape index (κ3) is 8.81. The third-order valence-corrected chi connectivity index (χ3v) is 11.3. The van der Waals surface area contributed by atoms with Crippen molar-refractivity contribution in [2.75, 3.05) is 0 Å². The lowest BCUT2D eigenvalue weighted by Gasteiger charge is -2.11. The molecule has 286 valence electrons. The molecule has 4 N–H and O–H groups in total. The van der Waals surface area contributed by atoms with Crippen LogP contribution in [0.1, 0.15) is 11.1 Å². The number of aryl methyl sites for hydroxylation is 2. The fourth-order valence-corrected chi connectivity index (χ4v) is 7.80. The van der Waals surface area contributed by atoms with Crippen LogP contribution in [0.2, 0.25) is 5.02 Å². The van der Waals surface area contributed by atoms with E-state index in [4.69, 9.17) is 27.0 Å². The number of halogens is 1. The first-order chi connectivity index (χ1) is 27.3. The van der Waals surface area contributed by atoms with Gasteiger partial charge in [0.1, 0.15) is 9.79 Å². The number of sulfonamides is 2. The van der Waals surface area contributed by atoms with E-state index in [0.29, 0.717) is 16.4 Å². The second-order valence-corrected chi connectivity index (χ2v) is 16.8. The number of primary sulfonamides is 2. The molecule has 0 amide bonds. The van der Waals surface area contributed by atoms with Crippen molar-refractivity contribution in [2.45, 2.75) is 23.6 Å². The van der Waals surface area contributed by atoms with Crippen LogP contribution >= 0.6 is 11.6 Å². The number of hydrogen-bond acceptors (Lipinski definition) is 6. The van der Waals surface area contributed by atoms with Gasteiger partial charge in [-0.25, -0.2) is 36.5 Å². The SMILES string of the molecule is Cc1ccc(-c2cc(-c3ccc(C)cc3)n(-c3ccccc3S(N)(=O)=O)n2)cc1.NS(=O)(=O)c1ccccc1-n1nc(-c2ccccc2)cc1-c1ccc(Cl)cc1. The van der Waals surface area contributed by atoms with Crippen LogP contribution in [-0.4, -0.2) is 36.4 Å². The molecule has 0 fully saturated rings. The molecule has 10 nitrogen and oxygen atoms in total. The number of nitrogens with zero attached hydrogens (tertiary/aromatic N) is 4. The Kier molecular flexibility index (Phi) is 11.1. The molecule has 57 heavy (non-hydrogen) atoms. The Morgan fingerprint density at radius 2 is 0.807 bits per heavy atom. The molecule has 0 spiro atoms. The number of para-hydroxylation sites is 2. The lowest BCUT2D eigenvalue weighted by molar-refractivity contribution is 0.595. The fraction of sp³-hybridized carbons (Fsp3) is 0.0455. The van der Waals surface area contributed by atoms with E-state index < -0.39 is 20.0 Å². The Bertz CT molecular complexity index is 2910. The summed E-state index contributed by atoms with van der Waals surface area (Å²) in [5.74, 6) is 0. The summed E-state index contributed by atoms with van der Waals surface area (Å²) in [6.45, 7) is 4.05. The highest BCUT2D eigenvalue weighted by atomic mass is 35.5. The van der Waals surface area contributed by atoms with Gasteiger partial charge in [-0.1, -0.05) is 138 Å². The average Bonchev–Trinajstić information content (AvgIpc) is 3.85. The maximum absolute atomic E-state index is 12.2. The summed E-state index contributed by atoms with van der Waals surface area (Å²) in [6, 6.07) is 50.1. The molecule has 2 aromatic heterocycles. The average molecular weight is 813 g/mol. The summed E-state index contributed by atoms with van der Waals surface area (Å²) in [4.78, 5) is 0.0415. The molecule has 0 aliphatic rings. The Hall–Kier alpha value is -6.15. The minimum absolute atomic E-state index is 0.00734. The predicted octanol–water partition coefficient (Wildman–Crippen LogP) is 8.98. The van der Waals surface area contributed by atoms with Gasteiger partial charge in [-0.05, 0) is 62.4 Å². The van der Waals surface area contributed by atoms with E-state index in [1.54, 1.807) is 57.9 Å². The first-order valence-electron chi connectivity index (χ1n) is 17.7. The van der Waals surface area contributed by atoms with E-state index in [0.717, 1.165) is 56.2 Å². The van der Waals surface area contributed by atoms with Crippen molar-refractivity contribution in [3.05, 3.63) is 180 Å². The second kappa shape index (κ2) is 16.1. The summed E-state index contributed by atoms with van der Waals surface area (Å²) in [6.07, 6.45) is 0. The van der Waals surface area contributed by atoms with Crippen LogP contribution in [0.5, 0.6) is 0 Å². The highest BCUT2D eigenvalue weighted by Crippen LogP contribution is 2.33. The van der Waals surface area contributed by atoms with Crippen LogP contribution < -0.4 is 10.3 Å². The van der Waals surface area contributed by atoms with Gasteiger partial charge >= 0.3 is 0 Å². The van der Waals surface area contributed by atoms with Crippen molar-refractivity contribution in [1.29, 1.82) is 0 Å². The van der Waals surface area contributed by atoms with E-state index in [1.165, 1.54) is 12.1 Å². The van der Waals surface area contributed by atoms with Crippen molar-refractivity contribution in [3.8, 4) is 56.4 Å². The lowest BCUT2D eigenvalue weighted by Crippen LogP contribution is -2.16. The molecule has 0 aliphatic carbocycles. The Balaban J connectivity index is 0.000000174. The molecule has 8 aromatic rings. The van der Waals surface area contributed by atoms with Gasteiger partial charge in [0.15, 0.2) is 0 Å². The van der Waals surface area contributed by atoms with E-state index in [2.05, 4.69) is 5.10 Å². The van der Waals surface area contributed by atoms with Crippen molar-refractivity contribution in [3.63, 3.8) is 0 Å². The Morgan fingerprint density at radius 3 is 1.23 bits per heavy atom. The molecule has 6 aromatic carbocycles. The van der Waals surface area contributed by atoms with Gasteiger partial charge in [-0.3, -0.25) is 0 Å². The third-order valence-electron chi connectivity index (χ3n) is 9.12. The van der Waals surface area contributed by atoms with Gasteiger partial charge in [0.25, 0.3) is 0 Å². The number of aromatic nitrogens is 4. The maximum atomic E-state index is 12.2. The highest BCUT2D eigenvalue weighted by Gasteiger charge is 2.21. The zero-order valence-corrected chi connectivity index (χ0v) is 33.2. The number of nitrogens with two attached hydrogens (primary N) is 2. The fourth-order valence-electron chi connectivity index (χ4n) is 6.25. The summed E-state index contributed by atoms with van der Waals surface area (Å²) >= 11 is 6.02. The molecular formula is C44H37ClN6O4S2. The molecule has 13 heteroatoms. The summed E-state index contributed by atoms with van der Waals surface area (Å²) in [7, 11) is -7.83. The molecule has 8 rings (SSSR count). The summed E-state index contributed by atoms with van der Waals surface area (Å²) in [5.41, 5.74) is 9.76. The molecule has 0 bridgehead atoms. The monoisotopic (exact) mass is 812 g/mol.